The monoisotopic (exact) mass is 731 g/mol. The Labute approximate surface area is 314 Å². The first-order valence-corrected chi connectivity index (χ1v) is 19.1. The van der Waals surface area contributed by atoms with Crippen molar-refractivity contribution in [3.05, 3.63) is 87.5 Å². The van der Waals surface area contributed by atoms with Crippen LogP contribution in [0.5, 0.6) is 5.75 Å². The Kier molecular flexibility index (Phi) is 9.75. The van der Waals surface area contributed by atoms with Crippen molar-refractivity contribution in [1.29, 1.82) is 5.26 Å². The number of likely N-dealkylation sites (tertiary alicyclic amines) is 1. The lowest BCUT2D eigenvalue weighted by molar-refractivity contribution is -0.133. The van der Waals surface area contributed by atoms with Gasteiger partial charge in [0.15, 0.2) is 0 Å². The average Bonchev–Trinajstić information content (AvgIpc) is 3.18. The summed E-state index contributed by atoms with van der Waals surface area (Å²) in [5, 5.41) is 16.1. The Bertz CT molecular complexity index is 2220. The summed E-state index contributed by atoms with van der Waals surface area (Å²) in [4.78, 5) is 43.7. The van der Waals surface area contributed by atoms with Gasteiger partial charge in [0, 0.05) is 49.7 Å². The number of aryl methyl sites for hydroxylation is 2. The molecule has 2 N–H and O–H groups in total. The van der Waals surface area contributed by atoms with Crippen LogP contribution in [0.3, 0.4) is 0 Å². The lowest BCUT2D eigenvalue weighted by atomic mass is 9.87. The van der Waals surface area contributed by atoms with Crippen molar-refractivity contribution in [1.82, 2.24) is 14.8 Å². The number of carbonyl (C=O) groups is 2. The molecule has 2 amide bonds. The molecule has 12 heteroatoms. The van der Waals surface area contributed by atoms with Crippen LogP contribution in [0, 0.1) is 30.0 Å². The third-order valence-electron chi connectivity index (χ3n) is 11.8. The molecule has 1 aromatic heterocycles. The van der Waals surface area contributed by atoms with Gasteiger partial charge in [0.05, 0.1) is 40.8 Å². The molecule has 280 valence electrons. The summed E-state index contributed by atoms with van der Waals surface area (Å²) < 4.78 is 23.0. The molecule has 0 spiro atoms. The fourth-order valence-corrected chi connectivity index (χ4v) is 8.77. The fourth-order valence-electron chi connectivity index (χ4n) is 8.77. The highest BCUT2D eigenvalue weighted by Gasteiger charge is 2.30. The molecule has 8 rings (SSSR count). The summed E-state index contributed by atoms with van der Waals surface area (Å²) in [5.74, 6) is 0.677. The van der Waals surface area contributed by atoms with Crippen LogP contribution >= 0.6 is 0 Å². The van der Waals surface area contributed by atoms with E-state index in [1.54, 1.807) is 16.7 Å². The molecule has 4 aliphatic heterocycles. The standard InChI is InChI=1S/C42H46FN7O4/c1-26-19-32-36(47(2)42(26)53)21-30(22-37(32)50-17-18-54-39-7-3-28(24-44)20-38(39)50)29-11-13-48(14-12-29)25-27-9-15-49(16-10-27)35-6-4-31(23-33(35)43)45-34-5-8-40(51)46-41(34)52/h3-4,6-7,19-23,27,29,34,45H,5,8-18,25H2,1-2H3,(H,46,51,52). The number of hydrogen-bond acceptors (Lipinski definition) is 9. The first-order chi connectivity index (χ1) is 26.1. The van der Waals surface area contributed by atoms with Crippen molar-refractivity contribution >= 4 is 45.5 Å². The van der Waals surface area contributed by atoms with Crippen LogP contribution < -0.4 is 30.7 Å². The van der Waals surface area contributed by atoms with E-state index in [2.05, 4.69) is 43.5 Å². The molecule has 54 heavy (non-hydrogen) atoms. The molecule has 0 radical (unpaired) electrons. The van der Waals surface area contributed by atoms with E-state index in [4.69, 9.17) is 4.74 Å². The molecular formula is C42H46FN7O4. The summed E-state index contributed by atoms with van der Waals surface area (Å²) in [5.41, 5.74) is 6.43. The molecule has 1 atom stereocenters. The van der Waals surface area contributed by atoms with Gasteiger partial charge in [0.25, 0.3) is 5.56 Å². The summed E-state index contributed by atoms with van der Waals surface area (Å²) in [7, 11) is 1.85. The van der Waals surface area contributed by atoms with Crippen molar-refractivity contribution in [2.24, 2.45) is 13.0 Å². The van der Waals surface area contributed by atoms with Crippen LogP contribution in [0.2, 0.25) is 0 Å². The SMILES string of the molecule is Cc1cc2c(N3CCOc4ccc(C#N)cc43)cc(C3CCN(CC4CCN(c5ccc(NC6CCC(=O)NC6=O)cc5F)CC4)CC3)cc2n(C)c1=O. The van der Waals surface area contributed by atoms with E-state index >= 15 is 4.39 Å². The largest absolute Gasteiger partial charge is 0.490 e. The van der Waals surface area contributed by atoms with E-state index in [0.29, 0.717) is 53.9 Å². The number of pyridine rings is 1. The number of hydrogen-bond donors (Lipinski definition) is 2. The molecule has 1 unspecified atom stereocenters. The minimum absolute atomic E-state index is 0.00199. The van der Waals surface area contributed by atoms with Crippen molar-refractivity contribution in [2.75, 3.05) is 61.0 Å². The Morgan fingerprint density at radius 1 is 0.907 bits per heavy atom. The van der Waals surface area contributed by atoms with Crippen molar-refractivity contribution in [3.8, 4) is 11.8 Å². The zero-order valence-corrected chi connectivity index (χ0v) is 30.9. The highest BCUT2D eigenvalue weighted by molar-refractivity contribution is 6.01. The summed E-state index contributed by atoms with van der Waals surface area (Å²) in [6.07, 6.45) is 4.68. The van der Waals surface area contributed by atoms with Gasteiger partial charge in [-0.3, -0.25) is 19.7 Å². The quantitative estimate of drug-likeness (QED) is 0.231. The summed E-state index contributed by atoms with van der Waals surface area (Å²) >= 11 is 0. The summed E-state index contributed by atoms with van der Waals surface area (Å²) in [6, 6.07) is 18.8. The minimum Gasteiger partial charge on any atom is -0.490 e. The number of fused-ring (bicyclic) bond motifs is 2. The maximum Gasteiger partial charge on any atom is 0.253 e. The van der Waals surface area contributed by atoms with Crippen molar-refractivity contribution < 1.29 is 18.7 Å². The lowest BCUT2D eigenvalue weighted by Crippen LogP contribution is -2.47. The number of halogens is 1. The molecule has 3 aromatic carbocycles. The Hall–Kier alpha value is -5.41. The van der Waals surface area contributed by atoms with Gasteiger partial charge in [0.1, 0.15) is 24.2 Å². The highest BCUT2D eigenvalue weighted by atomic mass is 19.1. The van der Waals surface area contributed by atoms with Crippen LogP contribution in [-0.2, 0) is 16.6 Å². The second-order valence-electron chi connectivity index (χ2n) is 15.3. The maximum atomic E-state index is 15.3. The number of nitrogens with zero attached hydrogens (tertiary/aromatic N) is 5. The molecule has 3 fully saturated rings. The smallest absolute Gasteiger partial charge is 0.253 e. The number of nitrogens with one attached hydrogen (secondary N) is 2. The van der Waals surface area contributed by atoms with E-state index in [1.807, 2.05) is 38.2 Å². The van der Waals surface area contributed by atoms with Gasteiger partial charge in [-0.1, -0.05) is 0 Å². The van der Waals surface area contributed by atoms with Crippen LogP contribution in [0.4, 0.5) is 27.1 Å². The number of aromatic nitrogens is 1. The topological polar surface area (TPSA) is 123 Å². The third kappa shape index (κ3) is 7.00. The normalized spacial score (nSPS) is 20.0. The zero-order valence-electron chi connectivity index (χ0n) is 30.9. The fraction of sp³-hybridized carbons (Fsp3) is 0.429. The van der Waals surface area contributed by atoms with Crippen LogP contribution in [0.1, 0.15) is 61.1 Å². The molecule has 0 aliphatic carbocycles. The number of piperidine rings is 3. The van der Waals surface area contributed by atoms with Crippen molar-refractivity contribution in [3.63, 3.8) is 0 Å². The number of carbonyl (C=O) groups excluding carboxylic acids is 2. The van der Waals surface area contributed by atoms with Crippen molar-refractivity contribution in [2.45, 2.75) is 57.4 Å². The molecule has 5 heterocycles. The van der Waals surface area contributed by atoms with E-state index in [1.165, 1.54) is 11.6 Å². The van der Waals surface area contributed by atoms with Crippen LogP contribution in [0.15, 0.2) is 59.4 Å². The molecule has 3 saturated heterocycles. The predicted octanol–water partition coefficient (Wildman–Crippen LogP) is 5.70. The van der Waals surface area contributed by atoms with Crippen LogP contribution in [0.25, 0.3) is 10.9 Å². The van der Waals surface area contributed by atoms with Gasteiger partial charge < -0.3 is 29.3 Å². The number of nitriles is 1. The van der Waals surface area contributed by atoms with Gasteiger partial charge in [-0.05, 0) is 124 Å². The second-order valence-corrected chi connectivity index (χ2v) is 15.3. The van der Waals surface area contributed by atoms with E-state index < -0.39 is 6.04 Å². The van der Waals surface area contributed by atoms with Crippen LogP contribution in [-0.4, -0.2) is 73.2 Å². The first kappa shape index (κ1) is 35.6. The number of anilines is 4. The molecule has 0 bridgehead atoms. The van der Waals surface area contributed by atoms with Gasteiger partial charge in [-0.25, -0.2) is 4.39 Å². The third-order valence-corrected chi connectivity index (χ3v) is 11.8. The number of imide groups is 1. The first-order valence-electron chi connectivity index (χ1n) is 19.1. The number of benzene rings is 3. The van der Waals surface area contributed by atoms with E-state index in [0.717, 1.165) is 86.4 Å². The van der Waals surface area contributed by atoms with Gasteiger partial charge in [0.2, 0.25) is 11.8 Å². The lowest BCUT2D eigenvalue weighted by Gasteiger charge is -2.39. The molecular weight excluding hydrogens is 686 g/mol. The average molecular weight is 732 g/mol. The minimum atomic E-state index is -0.550. The molecule has 4 aromatic rings. The molecule has 0 saturated carbocycles. The molecule has 4 aliphatic rings. The Balaban J connectivity index is 0.916. The highest BCUT2D eigenvalue weighted by Crippen LogP contribution is 2.43. The van der Waals surface area contributed by atoms with Gasteiger partial charge >= 0.3 is 0 Å². The zero-order chi connectivity index (χ0) is 37.5. The Morgan fingerprint density at radius 2 is 1.70 bits per heavy atom. The Morgan fingerprint density at radius 3 is 2.44 bits per heavy atom. The molecule has 11 nitrogen and oxygen atoms in total. The number of amides is 2. The predicted molar refractivity (Wildman–Crippen MR) is 207 cm³/mol. The number of rotatable bonds is 7. The maximum absolute atomic E-state index is 15.3. The van der Waals surface area contributed by atoms with E-state index in [9.17, 15) is 19.6 Å². The van der Waals surface area contributed by atoms with E-state index in [-0.39, 0.29) is 29.6 Å². The van der Waals surface area contributed by atoms with Gasteiger partial charge in [-0.2, -0.15) is 5.26 Å². The van der Waals surface area contributed by atoms with Gasteiger partial charge in [-0.15, -0.1) is 0 Å². The number of ether oxygens (including phenoxy) is 1. The second kappa shape index (κ2) is 14.8. The summed E-state index contributed by atoms with van der Waals surface area (Å²) in [6.45, 7) is 7.62.